The number of hydrogen-bond acceptors (Lipinski definition) is 4. The molecule has 22 heavy (non-hydrogen) atoms. The quantitative estimate of drug-likeness (QED) is 0.807. The molecule has 1 heterocycles. The van der Waals surface area contributed by atoms with Crippen LogP contribution in [0.3, 0.4) is 0 Å². The number of urea groups is 1. The molecule has 2 aliphatic rings. The maximum Gasteiger partial charge on any atom is 0.321 e. The van der Waals surface area contributed by atoms with Crippen LogP contribution in [0.25, 0.3) is 0 Å². The summed E-state index contributed by atoms with van der Waals surface area (Å²) in [6, 6.07) is 1.07. The van der Waals surface area contributed by atoms with Crippen LogP contribution in [-0.2, 0) is 9.59 Å². The molecule has 1 saturated carbocycles. The van der Waals surface area contributed by atoms with Crippen LogP contribution >= 0.6 is 0 Å². The summed E-state index contributed by atoms with van der Waals surface area (Å²) in [5.74, 6) is -0.197. The summed E-state index contributed by atoms with van der Waals surface area (Å²) >= 11 is 0. The van der Waals surface area contributed by atoms with E-state index in [0.29, 0.717) is 12.3 Å². The van der Waals surface area contributed by atoms with Crippen LogP contribution in [0.4, 0.5) is 4.79 Å². The van der Waals surface area contributed by atoms with Crippen molar-refractivity contribution >= 4 is 17.8 Å². The largest absolute Gasteiger partial charge is 0.351 e. The number of likely N-dealkylation sites (tertiary alicyclic amines) is 1. The Kier molecular flexibility index (Phi) is 5.01. The average Bonchev–Trinajstić information content (AvgIpc) is 2.84. The first-order valence-electron chi connectivity index (χ1n) is 7.78. The highest BCUT2D eigenvalue weighted by Crippen LogP contribution is 2.28. The fraction of sp³-hybridized carbons (Fsp3) is 0.733. The number of rotatable bonds is 4. The van der Waals surface area contributed by atoms with Gasteiger partial charge in [0.05, 0.1) is 19.0 Å². The zero-order valence-electron chi connectivity index (χ0n) is 12.6. The van der Waals surface area contributed by atoms with Gasteiger partial charge in [-0.3, -0.25) is 14.5 Å². The lowest BCUT2D eigenvalue weighted by molar-refractivity contribution is -0.125. The summed E-state index contributed by atoms with van der Waals surface area (Å²) in [4.78, 5) is 35.7. The third kappa shape index (κ3) is 3.75. The summed E-state index contributed by atoms with van der Waals surface area (Å²) in [5.41, 5.74) is 3.76. The van der Waals surface area contributed by atoms with Gasteiger partial charge in [0.1, 0.15) is 0 Å². The van der Waals surface area contributed by atoms with Gasteiger partial charge in [-0.15, -0.1) is 0 Å². The molecular weight excluding hydrogens is 284 g/mol. The molecule has 0 spiro atoms. The van der Waals surface area contributed by atoms with Gasteiger partial charge >= 0.3 is 6.03 Å². The lowest BCUT2D eigenvalue weighted by Gasteiger charge is -2.24. The monoisotopic (exact) mass is 306 g/mol. The second kappa shape index (κ2) is 6.77. The molecule has 0 aromatic rings. The molecule has 0 aromatic carbocycles. The van der Waals surface area contributed by atoms with E-state index in [9.17, 15) is 19.6 Å². The van der Waals surface area contributed by atoms with Gasteiger partial charge in [0.15, 0.2) is 5.54 Å². The van der Waals surface area contributed by atoms with Crippen molar-refractivity contribution in [2.75, 3.05) is 6.54 Å². The molecule has 1 aliphatic heterocycles. The maximum absolute atomic E-state index is 12.1. The van der Waals surface area contributed by atoms with Crippen molar-refractivity contribution in [2.45, 2.75) is 56.9 Å². The van der Waals surface area contributed by atoms with E-state index in [4.69, 9.17) is 5.73 Å². The molecule has 1 aliphatic carbocycles. The van der Waals surface area contributed by atoms with Crippen molar-refractivity contribution in [1.29, 1.82) is 5.26 Å². The van der Waals surface area contributed by atoms with Crippen LogP contribution in [0, 0.1) is 17.2 Å². The molecule has 4 amide bonds. The van der Waals surface area contributed by atoms with Crippen molar-refractivity contribution in [3.8, 4) is 6.07 Å². The zero-order chi connectivity index (χ0) is 16.2. The van der Waals surface area contributed by atoms with E-state index in [2.05, 4.69) is 5.32 Å². The molecule has 1 unspecified atom stereocenters. The van der Waals surface area contributed by atoms with Crippen LogP contribution in [-0.4, -0.2) is 34.8 Å². The number of carbonyl (C=O) groups excluding carboxylic acids is 3. The summed E-state index contributed by atoms with van der Waals surface area (Å²) in [6.45, 7) is -0.174. The van der Waals surface area contributed by atoms with E-state index < -0.39 is 17.5 Å². The molecule has 0 bridgehead atoms. The van der Waals surface area contributed by atoms with Crippen LogP contribution < -0.4 is 11.1 Å². The van der Waals surface area contributed by atoms with E-state index in [1.165, 1.54) is 19.3 Å². The molecule has 3 N–H and O–H groups in total. The molecule has 2 rings (SSSR count). The summed E-state index contributed by atoms with van der Waals surface area (Å²) < 4.78 is 0. The Morgan fingerprint density at radius 1 is 1.36 bits per heavy atom. The standard InChI is InChI=1S/C15H22N4O3/c16-9-15(8-13(21)19(10-15)14(17)22)18-12(20)7-6-11-4-2-1-3-5-11/h11H,1-8,10H2,(H2,17,22)(H,18,20). The minimum atomic E-state index is -1.34. The number of nitriles is 1. The first-order valence-corrected chi connectivity index (χ1v) is 7.78. The highest BCUT2D eigenvalue weighted by molar-refractivity contribution is 5.97. The topological polar surface area (TPSA) is 116 Å². The van der Waals surface area contributed by atoms with Gasteiger partial charge in [0, 0.05) is 6.42 Å². The van der Waals surface area contributed by atoms with Crippen molar-refractivity contribution < 1.29 is 14.4 Å². The first kappa shape index (κ1) is 16.3. The highest BCUT2D eigenvalue weighted by Gasteiger charge is 2.46. The molecule has 0 radical (unpaired) electrons. The Hall–Kier alpha value is -2.10. The molecule has 2 fully saturated rings. The van der Waals surface area contributed by atoms with Gasteiger partial charge in [-0.05, 0) is 12.3 Å². The molecular formula is C15H22N4O3. The summed E-state index contributed by atoms with van der Waals surface area (Å²) in [5, 5.41) is 11.9. The van der Waals surface area contributed by atoms with E-state index >= 15 is 0 Å². The van der Waals surface area contributed by atoms with Gasteiger partial charge in [-0.25, -0.2) is 4.79 Å². The van der Waals surface area contributed by atoms with Crippen LogP contribution in [0.1, 0.15) is 51.4 Å². The van der Waals surface area contributed by atoms with E-state index in [-0.39, 0.29) is 18.9 Å². The Morgan fingerprint density at radius 3 is 2.59 bits per heavy atom. The predicted octanol–water partition coefficient (Wildman–Crippen LogP) is 1.04. The fourth-order valence-corrected chi connectivity index (χ4v) is 3.30. The van der Waals surface area contributed by atoms with Gasteiger partial charge in [0.25, 0.3) is 0 Å². The van der Waals surface area contributed by atoms with Crippen molar-refractivity contribution in [2.24, 2.45) is 11.7 Å². The van der Waals surface area contributed by atoms with Gasteiger partial charge in [-0.2, -0.15) is 5.26 Å². The van der Waals surface area contributed by atoms with E-state index in [1.54, 1.807) is 0 Å². The number of imide groups is 1. The Labute approximate surface area is 129 Å². The average molecular weight is 306 g/mol. The molecule has 120 valence electrons. The van der Waals surface area contributed by atoms with Crippen molar-refractivity contribution in [1.82, 2.24) is 10.2 Å². The third-order valence-corrected chi connectivity index (χ3v) is 4.55. The highest BCUT2D eigenvalue weighted by atomic mass is 16.2. The van der Waals surface area contributed by atoms with Gasteiger partial charge in [0.2, 0.25) is 11.8 Å². The number of nitrogens with one attached hydrogen (secondary N) is 1. The van der Waals surface area contributed by atoms with Crippen LogP contribution in [0.5, 0.6) is 0 Å². The predicted molar refractivity (Wildman–Crippen MR) is 78.2 cm³/mol. The summed E-state index contributed by atoms with van der Waals surface area (Å²) in [7, 11) is 0. The third-order valence-electron chi connectivity index (χ3n) is 4.55. The second-order valence-corrected chi connectivity index (χ2v) is 6.28. The normalized spacial score (nSPS) is 25.8. The van der Waals surface area contributed by atoms with Crippen molar-refractivity contribution in [3.63, 3.8) is 0 Å². The number of hydrogen-bond donors (Lipinski definition) is 2. The SMILES string of the molecule is N#CC1(NC(=O)CCC2CCCCC2)CC(=O)N(C(N)=O)C1. The number of nitrogens with two attached hydrogens (primary N) is 1. The van der Waals surface area contributed by atoms with Crippen molar-refractivity contribution in [3.05, 3.63) is 0 Å². The minimum absolute atomic E-state index is 0.174. The first-order chi connectivity index (χ1) is 10.5. The Bertz CT molecular complexity index is 507. The van der Waals surface area contributed by atoms with E-state index in [1.807, 2.05) is 6.07 Å². The van der Waals surface area contributed by atoms with Crippen LogP contribution in [0.2, 0.25) is 0 Å². The number of nitrogens with zero attached hydrogens (tertiary/aromatic N) is 2. The lowest BCUT2D eigenvalue weighted by atomic mass is 9.86. The van der Waals surface area contributed by atoms with Gasteiger partial charge < -0.3 is 11.1 Å². The van der Waals surface area contributed by atoms with Gasteiger partial charge in [-0.1, -0.05) is 32.1 Å². The lowest BCUT2D eigenvalue weighted by Crippen LogP contribution is -2.50. The van der Waals surface area contributed by atoms with E-state index in [0.717, 1.165) is 24.2 Å². The molecule has 7 nitrogen and oxygen atoms in total. The maximum atomic E-state index is 12.1. The smallest absolute Gasteiger partial charge is 0.321 e. The van der Waals surface area contributed by atoms with Crippen LogP contribution in [0.15, 0.2) is 0 Å². The second-order valence-electron chi connectivity index (χ2n) is 6.28. The zero-order valence-corrected chi connectivity index (χ0v) is 12.6. The Balaban J connectivity index is 1.87. The molecule has 1 atom stereocenters. The number of primary amides is 1. The molecule has 7 heteroatoms. The minimum Gasteiger partial charge on any atom is -0.351 e. The number of amides is 4. The molecule has 1 saturated heterocycles. The fourth-order valence-electron chi connectivity index (χ4n) is 3.30. The molecule has 0 aromatic heterocycles. The number of carbonyl (C=O) groups is 3. The summed E-state index contributed by atoms with van der Waals surface area (Å²) in [6.07, 6.45) is 6.97. The Morgan fingerprint density at radius 2 is 2.05 bits per heavy atom.